The summed E-state index contributed by atoms with van der Waals surface area (Å²) in [6.45, 7) is 9.87. The van der Waals surface area contributed by atoms with Crippen molar-refractivity contribution in [3.05, 3.63) is 88.1 Å². The highest BCUT2D eigenvalue weighted by Crippen LogP contribution is 2.56. The van der Waals surface area contributed by atoms with E-state index in [1.54, 1.807) is 18.3 Å². The number of nitrogens with two attached hydrogens (primary N) is 1. The minimum absolute atomic E-state index is 0.0303. The van der Waals surface area contributed by atoms with E-state index in [2.05, 4.69) is 37.1 Å². The van der Waals surface area contributed by atoms with Gasteiger partial charge in [-0.25, -0.2) is 8.42 Å². The number of aromatic nitrogens is 2. The average Bonchev–Trinajstić information content (AvgIpc) is 4.18. The summed E-state index contributed by atoms with van der Waals surface area (Å²) in [4.78, 5) is 42.8. The second kappa shape index (κ2) is 18.8. The van der Waals surface area contributed by atoms with E-state index in [9.17, 15) is 14.9 Å². The van der Waals surface area contributed by atoms with E-state index in [0.717, 1.165) is 68.0 Å². The molecular formula is C54H63N9O11S. The molecule has 2 aromatic heterocycles. The number of nitro groups is 1. The van der Waals surface area contributed by atoms with Crippen molar-refractivity contribution in [2.24, 2.45) is 11.1 Å². The first kappa shape index (κ1) is 48.4. The SMILES string of the molecule is CC(C)Oc1ccccc1[C@@H]1COCCN1C1CC2(CCN(c3ccc(C(N)=O)c(N4c5cc6cc[nH]c6nc5O[C@H]5COCC[C@@H]54)c3S(=O)(=O)c3cc4c(c([N+](=O)[O-])c3)N[C@@H](CN3C[C@@H]5C[C@H]3CO5)CO4)CC2)C1. The number of carbonyl (C=O) groups is 1. The summed E-state index contributed by atoms with van der Waals surface area (Å²) in [6, 6.07) is 17.6. The van der Waals surface area contributed by atoms with Gasteiger partial charge in [-0.3, -0.25) is 24.7 Å². The summed E-state index contributed by atoms with van der Waals surface area (Å²) >= 11 is 0. The van der Waals surface area contributed by atoms with Crippen LogP contribution in [0.4, 0.5) is 28.4 Å². The van der Waals surface area contributed by atoms with Crippen LogP contribution in [0.3, 0.4) is 0 Å². The molecule has 6 atom stereocenters. The van der Waals surface area contributed by atoms with Crippen LogP contribution in [0.1, 0.15) is 74.3 Å². The molecule has 5 aromatic rings. The summed E-state index contributed by atoms with van der Waals surface area (Å²) in [6.07, 6.45) is 6.30. The maximum Gasteiger partial charge on any atom is 0.297 e. The molecule has 0 unspecified atom stereocenters. The zero-order chi connectivity index (χ0) is 51.3. The zero-order valence-corrected chi connectivity index (χ0v) is 43.0. The van der Waals surface area contributed by atoms with Crippen molar-refractivity contribution >= 4 is 55.2 Å². The van der Waals surface area contributed by atoms with Crippen LogP contribution in [0.25, 0.3) is 11.0 Å². The number of sulfone groups is 1. The molecular weight excluding hydrogens is 983 g/mol. The van der Waals surface area contributed by atoms with Crippen LogP contribution in [0.2, 0.25) is 0 Å². The number of ether oxygens (including phenoxy) is 6. The molecule has 0 radical (unpaired) electrons. The number of hydrogen-bond donors (Lipinski definition) is 3. The van der Waals surface area contributed by atoms with Crippen LogP contribution in [0, 0.1) is 15.5 Å². The summed E-state index contributed by atoms with van der Waals surface area (Å²) in [5, 5.41) is 17.2. The fourth-order valence-electron chi connectivity index (χ4n) is 13.5. The molecule has 1 saturated carbocycles. The number of hydrogen-bond acceptors (Lipinski definition) is 17. The lowest BCUT2D eigenvalue weighted by molar-refractivity contribution is -0.384. The number of nitrogens with one attached hydrogen (secondary N) is 2. The predicted octanol–water partition coefficient (Wildman–Crippen LogP) is 6.35. The van der Waals surface area contributed by atoms with Gasteiger partial charge >= 0.3 is 0 Å². The molecule has 7 aliphatic heterocycles. The van der Waals surface area contributed by atoms with Gasteiger partial charge in [0.25, 0.3) is 11.6 Å². The number of nitrogens with zero attached hydrogens (tertiary/aromatic N) is 6. The Hall–Kier alpha value is -6.23. The number of primary amides is 1. The van der Waals surface area contributed by atoms with E-state index in [4.69, 9.17) is 39.1 Å². The minimum Gasteiger partial charge on any atom is -0.491 e. The quantitative estimate of drug-likeness (QED) is 0.0914. The van der Waals surface area contributed by atoms with Gasteiger partial charge < -0.3 is 54.3 Å². The van der Waals surface area contributed by atoms with E-state index in [1.807, 2.05) is 43.0 Å². The van der Waals surface area contributed by atoms with Crippen LogP contribution in [0.5, 0.6) is 17.4 Å². The lowest BCUT2D eigenvalue weighted by Gasteiger charge is -2.57. The highest BCUT2D eigenvalue weighted by Gasteiger charge is 2.51. The molecule has 1 spiro atoms. The van der Waals surface area contributed by atoms with Gasteiger partial charge in [0.1, 0.15) is 34.7 Å². The van der Waals surface area contributed by atoms with Gasteiger partial charge in [-0.1, -0.05) is 18.2 Å². The van der Waals surface area contributed by atoms with Crippen molar-refractivity contribution in [2.45, 2.75) is 111 Å². The molecule has 6 fully saturated rings. The van der Waals surface area contributed by atoms with Crippen molar-refractivity contribution < 1.29 is 46.6 Å². The molecule has 3 aromatic carbocycles. The van der Waals surface area contributed by atoms with Crippen LogP contribution < -0.4 is 35.1 Å². The number of rotatable bonds is 12. The summed E-state index contributed by atoms with van der Waals surface area (Å²) in [5.41, 5.74) is 8.58. The van der Waals surface area contributed by atoms with Gasteiger partial charge in [0, 0.05) is 80.7 Å². The number of aromatic amines is 1. The molecule has 1 aliphatic carbocycles. The van der Waals surface area contributed by atoms with Crippen molar-refractivity contribution in [1.82, 2.24) is 19.8 Å². The number of piperidine rings is 1. The molecule has 2 bridgehead atoms. The molecule has 21 heteroatoms. The molecule has 13 rings (SSSR count). The number of likely N-dealkylation sites (tertiary alicyclic amines) is 1. The molecule has 4 N–H and O–H groups in total. The second-order valence-electron chi connectivity index (χ2n) is 22.0. The Bertz CT molecular complexity index is 3170. The highest BCUT2D eigenvalue weighted by molar-refractivity contribution is 7.91. The Morgan fingerprint density at radius 2 is 1.81 bits per heavy atom. The Kier molecular flexibility index (Phi) is 12.1. The lowest BCUT2D eigenvalue weighted by Crippen LogP contribution is -2.58. The van der Waals surface area contributed by atoms with Crippen molar-refractivity contribution in [3.63, 3.8) is 0 Å². The Morgan fingerprint density at radius 1 is 0.987 bits per heavy atom. The van der Waals surface area contributed by atoms with Gasteiger partial charge in [-0.05, 0) is 88.1 Å². The monoisotopic (exact) mass is 1050 g/mol. The summed E-state index contributed by atoms with van der Waals surface area (Å²) in [7, 11) is -4.79. The van der Waals surface area contributed by atoms with Gasteiger partial charge in [0.05, 0.1) is 83.5 Å². The predicted molar refractivity (Wildman–Crippen MR) is 277 cm³/mol. The fraction of sp³-hybridized carbons (Fsp3) is 0.519. The molecule has 9 heterocycles. The number of fused-ring (bicyclic) bond motifs is 6. The van der Waals surface area contributed by atoms with Crippen LogP contribution >= 0.6 is 0 Å². The molecule has 75 heavy (non-hydrogen) atoms. The maximum atomic E-state index is 16.2. The third kappa shape index (κ3) is 8.49. The number of H-pyrrole nitrogens is 1. The first-order chi connectivity index (χ1) is 36.3. The molecule has 1 amide bonds. The number of pyridine rings is 1. The first-order valence-corrected chi connectivity index (χ1v) is 27.9. The molecule has 396 valence electrons. The smallest absolute Gasteiger partial charge is 0.297 e. The molecule has 8 aliphatic rings. The summed E-state index contributed by atoms with van der Waals surface area (Å²) < 4.78 is 69.4. The van der Waals surface area contributed by atoms with Crippen LogP contribution in [0.15, 0.2) is 76.7 Å². The van der Waals surface area contributed by atoms with Gasteiger partial charge in [0.15, 0.2) is 11.4 Å². The van der Waals surface area contributed by atoms with Gasteiger partial charge in [0.2, 0.25) is 15.7 Å². The average molecular weight is 1050 g/mol. The zero-order valence-electron chi connectivity index (χ0n) is 42.2. The lowest BCUT2D eigenvalue weighted by atomic mass is 9.59. The first-order valence-electron chi connectivity index (χ1n) is 26.5. The fourth-order valence-corrected chi connectivity index (χ4v) is 15.2. The van der Waals surface area contributed by atoms with Crippen molar-refractivity contribution in [1.29, 1.82) is 0 Å². The van der Waals surface area contributed by atoms with Gasteiger partial charge in [-0.2, -0.15) is 4.98 Å². The number of carbonyl (C=O) groups excluding carboxylic acids is 1. The Labute approximate surface area is 434 Å². The number of nitro benzene ring substituents is 1. The van der Waals surface area contributed by atoms with E-state index >= 15 is 8.42 Å². The van der Waals surface area contributed by atoms with Crippen molar-refractivity contribution in [3.8, 4) is 17.4 Å². The highest BCUT2D eigenvalue weighted by atomic mass is 32.2. The van der Waals surface area contributed by atoms with E-state index in [-0.39, 0.29) is 87.3 Å². The van der Waals surface area contributed by atoms with Crippen LogP contribution in [-0.2, 0) is 24.0 Å². The van der Waals surface area contributed by atoms with Crippen LogP contribution in [-0.4, -0.2) is 154 Å². The number of morpholine rings is 2. The second-order valence-corrected chi connectivity index (χ2v) is 23.9. The minimum atomic E-state index is -4.79. The third-order valence-electron chi connectivity index (χ3n) is 17.1. The van der Waals surface area contributed by atoms with Gasteiger partial charge in [-0.15, -0.1) is 0 Å². The Balaban J connectivity index is 0.880. The van der Waals surface area contributed by atoms with Crippen molar-refractivity contribution in [2.75, 3.05) is 87.5 Å². The normalized spacial score (nSPS) is 26.5. The third-order valence-corrected chi connectivity index (χ3v) is 18.9. The number of benzene rings is 3. The standard InChI is InChI=1S/C54H63N9O11S/c1-31(2)73-45-6-4-3-5-38(45)44-29-70-18-16-61(44)35-23-54(24-35)11-14-59(15-12-54)41-8-7-39(51(55)64)49(62-40-10-17-69-30-47(40)74-53-43(62)19-32-9-13-56-52(32)58-53)50(41)75(67,68)37-21-42(63(65)66)48-46(22-37)72-27-33(57-48)25-60-26-36-20-34(60)28-71-36/h3-9,13,19,21-22,31,33-36,40,44,47,57H,10-12,14-18,20,23-30H2,1-2H3,(H2,55,64)(H,56,58)/t33-,34-,36-,40-,44-,47-/m0/s1. The summed E-state index contributed by atoms with van der Waals surface area (Å²) in [5.74, 6) is 0.318. The van der Waals surface area contributed by atoms with E-state index < -0.39 is 38.5 Å². The topological polar surface area (TPSA) is 229 Å². The number of anilines is 4. The Morgan fingerprint density at radius 3 is 2.59 bits per heavy atom. The maximum absolute atomic E-state index is 16.2. The molecule has 20 nitrogen and oxygen atoms in total. The molecule has 5 saturated heterocycles. The largest absolute Gasteiger partial charge is 0.491 e. The van der Waals surface area contributed by atoms with E-state index in [1.165, 1.54) is 6.07 Å². The number of amides is 1. The van der Waals surface area contributed by atoms with E-state index in [0.29, 0.717) is 75.5 Å². The number of para-hydroxylation sites is 1.